The van der Waals surface area contributed by atoms with Gasteiger partial charge in [-0.1, -0.05) is 12.1 Å². The van der Waals surface area contributed by atoms with Crippen molar-refractivity contribution in [1.82, 2.24) is 14.8 Å². The number of thiophene rings is 1. The third-order valence-electron chi connectivity index (χ3n) is 3.55. The average Bonchev–Trinajstić information content (AvgIpc) is 3.00. The maximum atomic E-state index is 12.4. The maximum Gasteiger partial charge on any atom is 0.272 e. The van der Waals surface area contributed by atoms with Crippen molar-refractivity contribution in [2.24, 2.45) is 0 Å². The van der Waals surface area contributed by atoms with Crippen molar-refractivity contribution in [3.05, 3.63) is 50.9 Å². The minimum Gasteiger partial charge on any atom is -0.335 e. The summed E-state index contributed by atoms with van der Waals surface area (Å²) < 4.78 is 0.699. The van der Waals surface area contributed by atoms with E-state index in [2.05, 4.69) is 43.3 Å². The van der Waals surface area contributed by atoms with E-state index in [1.165, 1.54) is 4.88 Å². The summed E-state index contributed by atoms with van der Waals surface area (Å²) in [5.74, 6) is 0.0204. The first-order valence-corrected chi connectivity index (χ1v) is 8.56. The first kappa shape index (κ1) is 14.7. The van der Waals surface area contributed by atoms with Crippen LogP contribution in [0, 0.1) is 0 Å². The molecule has 21 heavy (non-hydrogen) atoms. The number of amides is 1. The molecule has 0 N–H and O–H groups in total. The molecule has 0 bridgehead atoms. The molecular formula is C15H16BrN3OS. The van der Waals surface area contributed by atoms with Crippen LogP contribution in [0.2, 0.25) is 0 Å². The molecule has 2 aromatic rings. The molecule has 1 aliphatic heterocycles. The van der Waals surface area contributed by atoms with Gasteiger partial charge in [0.05, 0.1) is 0 Å². The van der Waals surface area contributed by atoms with Gasteiger partial charge >= 0.3 is 0 Å². The molecule has 0 aliphatic carbocycles. The van der Waals surface area contributed by atoms with Gasteiger partial charge in [-0.05, 0) is 39.5 Å². The molecule has 1 amide bonds. The highest BCUT2D eigenvalue weighted by Gasteiger charge is 2.23. The third-order valence-corrected chi connectivity index (χ3v) is 4.86. The molecule has 2 aromatic heterocycles. The minimum absolute atomic E-state index is 0.0204. The van der Waals surface area contributed by atoms with Gasteiger partial charge in [0.1, 0.15) is 10.3 Å². The standard InChI is InChI=1S/C15H16BrN3OS/c16-14-5-1-4-13(17-14)15(20)19-8-6-18(7-9-19)11-12-3-2-10-21-12/h1-5,10H,6-9,11H2. The fraction of sp³-hybridized carbons (Fsp3) is 0.333. The quantitative estimate of drug-likeness (QED) is 0.784. The Morgan fingerprint density at radius 2 is 2.00 bits per heavy atom. The van der Waals surface area contributed by atoms with E-state index in [1.807, 2.05) is 17.0 Å². The average molecular weight is 366 g/mol. The highest BCUT2D eigenvalue weighted by Crippen LogP contribution is 2.15. The number of aromatic nitrogens is 1. The number of nitrogens with zero attached hydrogens (tertiary/aromatic N) is 3. The van der Waals surface area contributed by atoms with Crippen LogP contribution in [0.25, 0.3) is 0 Å². The number of carbonyl (C=O) groups excluding carboxylic acids is 1. The van der Waals surface area contributed by atoms with Gasteiger partial charge in [-0.3, -0.25) is 9.69 Å². The Bertz CT molecular complexity index is 609. The Balaban J connectivity index is 1.57. The number of halogens is 1. The van der Waals surface area contributed by atoms with Gasteiger partial charge in [-0.25, -0.2) is 4.98 Å². The van der Waals surface area contributed by atoms with Crippen LogP contribution in [-0.2, 0) is 6.54 Å². The van der Waals surface area contributed by atoms with Crippen LogP contribution >= 0.6 is 27.3 Å². The zero-order valence-electron chi connectivity index (χ0n) is 11.5. The number of pyridine rings is 1. The fourth-order valence-corrected chi connectivity index (χ4v) is 3.51. The molecule has 0 spiro atoms. The molecule has 0 saturated carbocycles. The topological polar surface area (TPSA) is 36.4 Å². The van der Waals surface area contributed by atoms with Gasteiger partial charge in [0.15, 0.2) is 0 Å². The van der Waals surface area contributed by atoms with Crippen LogP contribution < -0.4 is 0 Å². The summed E-state index contributed by atoms with van der Waals surface area (Å²) in [6.45, 7) is 4.33. The lowest BCUT2D eigenvalue weighted by Crippen LogP contribution is -2.48. The first-order valence-electron chi connectivity index (χ1n) is 6.89. The van der Waals surface area contributed by atoms with Crippen LogP contribution in [0.15, 0.2) is 40.3 Å². The van der Waals surface area contributed by atoms with E-state index in [1.54, 1.807) is 17.4 Å². The number of carbonyl (C=O) groups is 1. The highest BCUT2D eigenvalue weighted by atomic mass is 79.9. The lowest BCUT2D eigenvalue weighted by atomic mass is 10.2. The van der Waals surface area contributed by atoms with E-state index in [9.17, 15) is 4.79 Å². The molecule has 3 rings (SSSR count). The smallest absolute Gasteiger partial charge is 0.272 e. The number of rotatable bonds is 3. The van der Waals surface area contributed by atoms with E-state index in [0.29, 0.717) is 10.3 Å². The number of hydrogen-bond donors (Lipinski definition) is 0. The molecule has 3 heterocycles. The highest BCUT2D eigenvalue weighted by molar-refractivity contribution is 9.10. The molecule has 1 fully saturated rings. The molecule has 4 nitrogen and oxygen atoms in total. The molecule has 1 saturated heterocycles. The van der Waals surface area contributed by atoms with Crippen LogP contribution in [0.5, 0.6) is 0 Å². The summed E-state index contributed by atoms with van der Waals surface area (Å²) in [5, 5.41) is 2.11. The van der Waals surface area contributed by atoms with Gasteiger partial charge in [-0.15, -0.1) is 11.3 Å². The lowest BCUT2D eigenvalue weighted by molar-refractivity contribution is 0.0623. The Labute approximate surface area is 136 Å². The van der Waals surface area contributed by atoms with Crippen molar-refractivity contribution in [3.8, 4) is 0 Å². The van der Waals surface area contributed by atoms with Crippen molar-refractivity contribution in [1.29, 1.82) is 0 Å². The lowest BCUT2D eigenvalue weighted by Gasteiger charge is -2.34. The van der Waals surface area contributed by atoms with E-state index < -0.39 is 0 Å². The Morgan fingerprint density at radius 3 is 2.67 bits per heavy atom. The van der Waals surface area contributed by atoms with Crippen LogP contribution in [-0.4, -0.2) is 46.9 Å². The summed E-state index contributed by atoms with van der Waals surface area (Å²) in [6.07, 6.45) is 0. The van der Waals surface area contributed by atoms with Gasteiger partial charge in [0, 0.05) is 37.6 Å². The second kappa shape index (κ2) is 6.68. The molecule has 0 aromatic carbocycles. The largest absolute Gasteiger partial charge is 0.335 e. The summed E-state index contributed by atoms with van der Waals surface area (Å²) in [5.41, 5.74) is 0.510. The Hall–Kier alpha value is -1.24. The van der Waals surface area contributed by atoms with Crippen LogP contribution in [0.3, 0.4) is 0 Å². The summed E-state index contributed by atoms with van der Waals surface area (Å²) in [6, 6.07) is 9.69. The predicted molar refractivity (Wildman–Crippen MR) is 87.4 cm³/mol. The van der Waals surface area contributed by atoms with Gasteiger partial charge in [0.25, 0.3) is 5.91 Å². The Morgan fingerprint density at radius 1 is 1.19 bits per heavy atom. The second-order valence-electron chi connectivity index (χ2n) is 4.99. The van der Waals surface area contributed by atoms with Crippen LogP contribution in [0.1, 0.15) is 15.4 Å². The summed E-state index contributed by atoms with van der Waals surface area (Å²) >= 11 is 5.09. The number of piperazine rings is 1. The van der Waals surface area contributed by atoms with Crippen molar-refractivity contribution < 1.29 is 4.79 Å². The van der Waals surface area contributed by atoms with Crippen molar-refractivity contribution in [2.45, 2.75) is 6.54 Å². The van der Waals surface area contributed by atoms with E-state index >= 15 is 0 Å². The number of hydrogen-bond acceptors (Lipinski definition) is 4. The van der Waals surface area contributed by atoms with Crippen molar-refractivity contribution >= 4 is 33.2 Å². The third kappa shape index (κ3) is 3.70. The molecule has 1 aliphatic rings. The molecule has 0 radical (unpaired) electrons. The van der Waals surface area contributed by atoms with Crippen LogP contribution in [0.4, 0.5) is 0 Å². The van der Waals surface area contributed by atoms with Crippen molar-refractivity contribution in [2.75, 3.05) is 26.2 Å². The van der Waals surface area contributed by atoms with Gasteiger partial charge in [0.2, 0.25) is 0 Å². The molecule has 110 valence electrons. The van der Waals surface area contributed by atoms with E-state index in [0.717, 1.165) is 32.7 Å². The monoisotopic (exact) mass is 365 g/mol. The zero-order valence-corrected chi connectivity index (χ0v) is 13.9. The normalized spacial score (nSPS) is 16.1. The van der Waals surface area contributed by atoms with Gasteiger partial charge < -0.3 is 4.90 Å². The predicted octanol–water partition coefficient (Wildman–Crippen LogP) is 2.86. The summed E-state index contributed by atoms with van der Waals surface area (Å²) in [7, 11) is 0. The first-order chi connectivity index (χ1) is 10.2. The molecule has 6 heteroatoms. The maximum absolute atomic E-state index is 12.4. The van der Waals surface area contributed by atoms with E-state index in [4.69, 9.17) is 0 Å². The van der Waals surface area contributed by atoms with Crippen molar-refractivity contribution in [3.63, 3.8) is 0 Å². The molecule has 0 unspecified atom stereocenters. The van der Waals surface area contributed by atoms with Gasteiger partial charge in [-0.2, -0.15) is 0 Å². The SMILES string of the molecule is O=C(c1cccc(Br)n1)N1CCN(Cc2cccs2)CC1. The summed E-state index contributed by atoms with van der Waals surface area (Å²) in [4.78, 5) is 22.3. The minimum atomic E-state index is 0.0204. The molecule has 0 atom stereocenters. The molecular weight excluding hydrogens is 350 g/mol. The van der Waals surface area contributed by atoms with E-state index in [-0.39, 0.29) is 5.91 Å². The fourth-order valence-electron chi connectivity index (χ4n) is 2.42. The zero-order chi connectivity index (χ0) is 14.7. The Kier molecular flexibility index (Phi) is 4.67. The second-order valence-corrected chi connectivity index (χ2v) is 6.84.